The maximum atomic E-state index is 12.5. The summed E-state index contributed by atoms with van der Waals surface area (Å²) in [6.45, 7) is 4.10. The average Bonchev–Trinajstić information content (AvgIpc) is 3.10. The van der Waals surface area contributed by atoms with Gasteiger partial charge in [-0.15, -0.1) is 17.5 Å². The lowest BCUT2D eigenvalue weighted by atomic mass is 10.1. The number of nitrogens with zero attached hydrogens (tertiary/aromatic N) is 4. The van der Waals surface area contributed by atoms with Gasteiger partial charge in [0, 0.05) is 41.7 Å². The van der Waals surface area contributed by atoms with Gasteiger partial charge in [0.15, 0.2) is 5.82 Å². The minimum Gasteiger partial charge on any atom is -0.497 e. The Morgan fingerprint density at radius 1 is 1.14 bits per heavy atom. The zero-order valence-electron chi connectivity index (χ0n) is 16.9. The second-order valence-corrected chi connectivity index (χ2v) is 6.35. The van der Waals surface area contributed by atoms with E-state index in [4.69, 9.17) is 15.2 Å². The minimum absolute atomic E-state index is 0. The standard InChI is InChI=1S/C19H24N6O3.ClH/c1-11-16(12(2)25-19(21-11)23-17(10-20)24-25)5-6-18(26)22-13-7-14(27-3)9-15(8-13)28-4;/h7-9H,5-6,10,20H2,1-4H3,(H,22,26);1H. The topological polar surface area (TPSA) is 117 Å². The molecule has 0 radical (unpaired) electrons. The maximum Gasteiger partial charge on any atom is 0.252 e. The summed E-state index contributed by atoms with van der Waals surface area (Å²) in [7, 11) is 3.13. The number of rotatable bonds is 7. The normalized spacial score (nSPS) is 10.5. The van der Waals surface area contributed by atoms with E-state index in [0.29, 0.717) is 41.6 Å². The van der Waals surface area contributed by atoms with Crippen molar-refractivity contribution in [1.29, 1.82) is 0 Å². The van der Waals surface area contributed by atoms with Gasteiger partial charge < -0.3 is 20.5 Å². The molecule has 3 rings (SSSR count). The molecule has 0 spiro atoms. The number of carbonyl (C=O) groups is 1. The highest BCUT2D eigenvalue weighted by Gasteiger charge is 2.14. The van der Waals surface area contributed by atoms with Crippen LogP contribution >= 0.6 is 12.4 Å². The molecule has 0 aliphatic carbocycles. The molecule has 0 aliphatic heterocycles. The zero-order valence-corrected chi connectivity index (χ0v) is 17.7. The molecule has 9 nitrogen and oxygen atoms in total. The predicted molar refractivity (Wildman–Crippen MR) is 112 cm³/mol. The number of halogens is 1. The second kappa shape index (κ2) is 9.53. The molecule has 0 unspecified atom stereocenters. The lowest BCUT2D eigenvalue weighted by Crippen LogP contribution is -2.14. The first-order valence-electron chi connectivity index (χ1n) is 8.90. The van der Waals surface area contributed by atoms with E-state index in [-0.39, 0.29) is 24.9 Å². The van der Waals surface area contributed by atoms with E-state index in [1.54, 1.807) is 36.9 Å². The molecule has 3 aromatic rings. The van der Waals surface area contributed by atoms with Crippen molar-refractivity contribution >= 4 is 29.8 Å². The molecular weight excluding hydrogens is 396 g/mol. The van der Waals surface area contributed by atoms with Crippen LogP contribution in [0.4, 0.5) is 5.69 Å². The van der Waals surface area contributed by atoms with Crippen molar-refractivity contribution in [3.8, 4) is 11.5 Å². The van der Waals surface area contributed by atoms with Crippen LogP contribution in [0.3, 0.4) is 0 Å². The Morgan fingerprint density at radius 2 is 1.79 bits per heavy atom. The average molecular weight is 421 g/mol. The molecule has 2 heterocycles. The van der Waals surface area contributed by atoms with Crippen molar-refractivity contribution < 1.29 is 14.3 Å². The lowest BCUT2D eigenvalue weighted by Gasteiger charge is -2.12. The second-order valence-electron chi connectivity index (χ2n) is 6.35. The Labute approximate surface area is 175 Å². The number of hydrogen-bond acceptors (Lipinski definition) is 7. The number of amides is 1. The fraction of sp³-hybridized carbons (Fsp3) is 0.368. The zero-order chi connectivity index (χ0) is 20.3. The quantitative estimate of drug-likeness (QED) is 0.601. The van der Waals surface area contributed by atoms with Crippen molar-refractivity contribution in [3.63, 3.8) is 0 Å². The highest BCUT2D eigenvalue weighted by Crippen LogP contribution is 2.26. The third-order valence-electron chi connectivity index (χ3n) is 4.51. The summed E-state index contributed by atoms with van der Waals surface area (Å²) in [5, 5.41) is 7.24. The van der Waals surface area contributed by atoms with Gasteiger partial charge >= 0.3 is 0 Å². The Morgan fingerprint density at radius 3 is 2.38 bits per heavy atom. The number of anilines is 1. The molecule has 0 saturated heterocycles. The summed E-state index contributed by atoms with van der Waals surface area (Å²) in [6, 6.07) is 5.24. The molecule has 0 saturated carbocycles. The summed E-state index contributed by atoms with van der Waals surface area (Å²) >= 11 is 0. The van der Waals surface area contributed by atoms with Crippen LogP contribution in [0.1, 0.15) is 29.2 Å². The van der Waals surface area contributed by atoms with Crippen molar-refractivity contribution in [1.82, 2.24) is 19.6 Å². The van der Waals surface area contributed by atoms with Crippen molar-refractivity contribution in [2.24, 2.45) is 5.73 Å². The van der Waals surface area contributed by atoms with E-state index in [0.717, 1.165) is 17.0 Å². The number of nitrogens with two attached hydrogens (primary N) is 1. The highest BCUT2D eigenvalue weighted by atomic mass is 35.5. The van der Waals surface area contributed by atoms with Crippen LogP contribution in [-0.4, -0.2) is 39.7 Å². The molecule has 0 fully saturated rings. The molecule has 1 aromatic carbocycles. The number of hydrogen-bond donors (Lipinski definition) is 2. The van der Waals surface area contributed by atoms with E-state index >= 15 is 0 Å². The van der Waals surface area contributed by atoms with Gasteiger partial charge in [0.05, 0.1) is 20.8 Å². The summed E-state index contributed by atoms with van der Waals surface area (Å²) in [5.41, 5.74) is 8.94. The maximum absolute atomic E-state index is 12.5. The van der Waals surface area contributed by atoms with E-state index in [9.17, 15) is 4.79 Å². The van der Waals surface area contributed by atoms with Gasteiger partial charge in [0.2, 0.25) is 5.91 Å². The minimum atomic E-state index is -0.115. The molecule has 1 amide bonds. The van der Waals surface area contributed by atoms with Crippen LogP contribution in [0.25, 0.3) is 5.78 Å². The van der Waals surface area contributed by atoms with Crippen LogP contribution in [0.2, 0.25) is 0 Å². The van der Waals surface area contributed by atoms with Gasteiger partial charge in [0.1, 0.15) is 11.5 Å². The van der Waals surface area contributed by atoms with E-state index in [2.05, 4.69) is 20.4 Å². The summed E-state index contributed by atoms with van der Waals surface area (Å²) < 4.78 is 12.1. The first-order chi connectivity index (χ1) is 13.4. The first kappa shape index (κ1) is 22.4. The Hall–Kier alpha value is -2.91. The van der Waals surface area contributed by atoms with Crippen molar-refractivity contribution in [2.75, 3.05) is 19.5 Å². The summed E-state index contributed by atoms with van der Waals surface area (Å²) in [5.74, 6) is 2.16. The number of aromatic nitrogens is 4. The van der Waals surface area contributed by atoms with Crippen LogP contribution in [-0.2, 0) is 17.8 Å². The molecule has 0 aliphatic rings. The van der Waals surface area contributed by atoms with Gasteiger partial charge in [-0.1, -0.05) is 0 Å². The van der Waals surface area contributed by atoms with E-state index in [1.165, 1.54) is 0 Å². The van der Waals surface area contributed by atoms with Gasteiger partial charge in [-0.3, -0.25) is 4.79 Å². The number of aryl methyl sites for hydroxylation is 2. The molecule has 0 bridgehead atoms. The van der Waals surface area contributed by atoms with Crippen molar-refractivity contribution in [2.45, 2.75) is 33.2 Å². The van der Waals surface area contributed by atoms with Gasteiger partial charge in [-0.2, -0.15) is 4.98 Å². The number of nitrogens with one attached hydrogen (secondary N) is 1. The Balaban J connectivity index is 0.00000300. The number of methoxy groups -OCH3 is 2. The Kier molecular flexibility index (Phi) is 7.35. The largest absolute Gasteiger partial charge is 0.497 e. The monoisotopic (exact) mass is 420 g/mol. The molecule has 3 N–H and O–H groups in total. The summed E-state index contributed by atoms with van der Waals surface area (Å²) in [6.07, 6.45) is 0.832. The van der Waals surface area contributed by atoms with E-state index < -0.39 is 0 Å². The Bertz CT molecular complexity index is 999. The number of benzene rings is 1. The molecule has 29 heavy (non-hydrogen) atoms. The molecule has 156 valence electrons. The van der Waals surface area contributed by atoms with Gasteiger partial charge in [-0.25, -0.2) is 9.50 Å². The lowest BCUT2D eigenvalue weighted by molar-refractivity contribution is -0.116. The number of carbonyl (C=O) groups excluding carboxylic acids is 1. The van der Waals surface area contributed by atoms with Gasteiger partial charge in [0.25, 0.3) is 5.78 Å². The van der Waals surface area contributed by atoms with Crippen LogP contribution in [0, 0.1) is 13.8 Å². The third-order valence-corrected chi connectivity index (χ3v) is 4.51. The number of ether oxygens (including phenoxy) is 2. The van der Waals surface area contributed by atoms with Gasteiger partial charge in [-0.05, 0) is 25.8 Å². The molecule has 0 atom stereocenters. The van der Waals surface area contributed by atoms with E-state index in [1.807, 2.05) is 13.8 Å². The molecule has 2 aromatic heterocycles. The van der Waals surface area contributed by atoms with Crippen LogP contribution in [0.15, 0.2) is 18.2 Å². The van der Waals surface area contributed by atoms with Crippen LogP contribution in [0.5, 0.6) is 11.5 Å². The molecular formula is C19H25ClN6O3. The number of fused-ring (bicyclic) bond motifs is 1. The fourth-order valence-electron chi connectivity index (χ4n) is 3.04. The fourth-order valence-corrected chi connectivity index (χ4v) is 3.04. The molecule has 10 heteroatoms. The smallest absolute Gasteiger partial charge is 0.252 e. The highest BCUT2D eigenvalue weighted by molar-refractivity contribution is 5.91. The summed E-state index contributed by atoms with van der Waals surface area (Å²) in [4.78, 5) is 21.2. The SMILES string of the molecule is COc1cc(NC(=O)CCc2c(C)nc3nc(CN)nn3c2C)cc(OC)c1.Cl. The van der Waals surface area contributed by atoms with Crippen LogP contribution < -0.4 is 20.5 Å². The third kappa shape index (κ3) is 4.93. The first-order valence-corrected chi connectivity index (χ1v) is 8.90. The van der Waals surface area contributed by atoms with Crippen molar-refractivity contribution in [3.05, 3.63) is 41.0 Å². The predicted octanol–water partition coefficient (Wildman–Crippen LogP) is 2.21.